The van der Waals surface area contributed by atoms with E-state index < -0.39 is 0 Å². The van der Waals surface area contributed by atoms with Crippen molar-refractivity contribution in [1.82, 2.24) is 19.7 Å². The Bertz CT molecular complexity index is 705. The van der Waals surface area contributed by atoms with Gasteiger partial charge in [-0.1, -0.05) is 0 Å². The first-order valence-corrected chi connectivity index (χ1v) is 10.4. The van der Waals surface area contributed by atoms with E-state index in [0.29, 0.717) is 38.0 Å². The van der Waals surface area contributed by atoms with Crippen LogP contribution >= 0.6 is 0 Å². The minimum Gasteiger partial charge on any atom is -0.435 e. The lowest BCUT2D eigenvalue weighted by molar-refractivity contribution is -0.133. The number of rotatable bonds is 4. The minimum absolute atomic E-state index is 0.0198. The van der Waals surface area contributed by atoms with Crippen molar-refractivity contribution in [3.8, 4) is 0 Å². The molecule has 3 aliphatic rings. The summed E-state index contributed by atoms with van der Waals surface area (Å²) in [6.45, 7) is 9.05. The molecule has 0 N–H and O–H groups in total. The summed E-state index contributed by atoms with van der Waals surface area (Å²) >= 11 is 0. The van der Waals surface area contributed by atoms with Crippen LogP contribution in [0.1, 0.15) is 55.5 Å². The Morgan fingerprint density at radius 3 is 2.46 bits per heavy atom. The van der Waals surface area contributed by atoms with E-state index in [-0.39, 0.29) is 29.8 Å². The lowest BCUT2D eigenvalue weighted by Gasteiger charge is -2.34. The predicted molar refractivity (Wildman–Crippen MR) is 102 cm³/mol. The van der Waals surface area contributed by atoms with Crippen molar-refractivity contribution in [3.63, 3.8) is 0 Å². The molecule has 3 saturated heterocycles. The highest BCUT2D eigenvalue weighted by molar-refractivity contribution is 5.91. The van der Waals surface area contributed by atoms with E-state index in [9.17, 15) is 9.59 Å². The van der Waals surface area contributed by atoms with Crippen molar-refractivity contribution in [3.05, 3.63) is 17.8 Å². The van der Waals surface area contributed by atoms with Gasteiger partial charge in [-0.3, -0.25) is 14.5 Å². The monoisotopic (exact) mass is 390 g/mol. The predicted octanol–water partition coefficient (Wildman–Crippen LogP) is 1.34. The van der Waals surface area contributed by atoms with Gasteiger partial charge in [0, 0.05) is 31.6 Å². The zero-order valence-corrected chi connectivity index (χ0v) is 16.8. The Labute approximate surface area is 165 Å². The van der Waals surface area contributed by atoms with Gasteiger partial charge in [-0.25, -0.2) is 4.98 Å². The number of carbonyl (C=O) groups is 2. The van der Waals surface area contributed by atoms with Crippen molar-refractivity contribution >= 4 is 11.8 Å². The highest BCUT2D eigenvalue weighted by atomic mass is 16.5. The maximum absolute atomic E-state index is 12.6. The molecular formula is C20H30N4O4. The third kappa shape index (κ3) is 3.80. The van der Waals surface area contributed by atoms with Crippen LogP contribution in [0.5, 0.6) is 0 Å². The van der Waals surface area contributed by atoms with Crippen molar-refractivity contribution < 1.29 is 18.7 Å². The third-order valence-corrected chi connectivity index (χ3v) is 6.19. The van der Waals surface area contributed by atoms with Crippen LogP contribution in [0.4, 0.5) is 0 Å². The van der Waals surface area contributed by atoms with Gasteiger partial charge < -0.3 is 19.0 Å². The number of aromatic nitrogens is 1. The van der Waals surface area contributed by atoms with Crippen LogP contribution in [-0.4, -0.2) is 89.5 Å². The van der Waals surface area contributed by atoms with Crippen LogP contribution in [-0.2, 0) is 9.53 Å². The van der Waals surface area contributed by atoms with E-state index in [4.69, 9.17) is 9.15 Å². The van der Waals surface area contributed by atoms with E-state index >= 15 is 0 Å². The Balaban J connectivity index is 1.33. The molecule has 3 fully saturated rings. The minimum atomic E-state index is -0.107. The molecule has 0 aromatic carbocycles. The van der Waals surface area contributed by atoms with Crippen molar-refractivity contribution in [2.75, 3.05) is 45.9 Å². The second kappa shape index (κ2) is 8.21. The lowest BCUT2D eigenvalue weighted by Crippen LogP contribution is -2.46. The zero-order valence-electron chi connectivity index (χ0n) is 16.8. The summed E-state index contributed by atoms with van der Waals surface area (Å²) in [5.41, 5.74) is 0. The fraction of sp³-hybridized carbons (Fsp3) is 0.750. The standard InChI is InChI=1S/C20H30N4O4/c1-14(2)24-8-5-16(19(24)25)22-6-3-15(4-7-22)18-21-13-17(28-18)20(26)23-9-11-27-12-10-23/h13-16H,3-12H2,1-2H3. The molecule has 1 aromatic heterocycles. The number of amides is 2. The van der Waals surface area contributed by atoms with E-state index in [2.05, 4.69) is 23.7 Å². The van der Waals surface area contributed by atoms with E-state index in [1.54, 1.807) is 11.1 Å². The lowest BCUT2D eigenvalue weighted by atomic mass is 9.95. The van der Waals surface area contributed by atoms with Crippen LogP contribution in [0, 0.1) is 0 Å². The van der Waals surface area contributed by atoms with Gasteiger partial charge in [0.05, 0.1) is 25.5 Å². The molecule has 1 atom stereocenters. The Morgan fingerprint density at radius 2 is 1.82 bits per heavy atom. The van der Waals surface area contributed by atoms with Crippen LogP contribution in [0.3, 0.4) is 0 Å². The van der Waals surface area contributed by atoms with Crippen LogP contribution in [0.2, 0.25) is 0 Å². The summed E-state index contributed by atoms with van der Waals surface area (Å²) in [5.74, 6) is 1.34. The molecule has 0 spiro atoms. The van der Waals surface area contributed by atoms with Crippen molar-refractivity contribution in [2.45, 2.75) is 51.1 Å². The van der Waals surface area contributed by atoms with Gasteiger partial charge in [-0.05, 0) is 46.2 Å². The fourth-order valence-corrected chi connectivity index (χ4v) is 4.49. The van der Waals surface area contributed by atoms with Crippen molar-refractivity contribution in [1.29, 1.82) is 0 Å². The van der Waals surface area contributed by atoms with E-state index in [1.807, 2.05) is 4.90 Å². The van der Waals surface area contributed by atoms with Crippen LogP contribution in [0.15, 0.2) is 10.6 Å². The first kappa shape index (κ1) is 19.4. The maximum Gasteiger partial charge on any atom is 0.291 e. The number of likely N-dealkylation sites (tertiary alicyclic amines) is 2. The topological polar surface area (TPSA) is 79.1 Å². The fourth-order valence-electron chi connectivity index (χ4n) is 4.49. The average Bonchev–Trinajstić information content (AvgIpc) is 3.35. The highest BCUT2D eigenvalue weighted by Crippen LogP contribution is 2.31. The summed E-state index contributed by atoms with van der Waals surface area (Å²) in [6.07, 6.45) is 4.27. The second-order valence-corrected chi connectivity index (χ2v) is 8.21. The quantitative estimate of drug-likeness (QED) is 0.772. The Morgan fingerprint density at radius 1 is 1.11 bits per heavy atom. The summed E-state index contributed by atoms with van der Waals surface area (Å²) in [5, 5.41) is 0. The summed E-state index contributed by atoms with van der Waals surface area (Å²) in [4.78, 5) is 35.6. The van der Waals surface area contributed by atoms with Gasteiger partial charge in [0.15, 0.2) is 5.89 Å². The number of ether oxygens (including phenoxy) is 1. The van der Waals surface area contributed by atoms with Crippen molar-refractivity contribution in [2.24, 2.45) is 0 Å². The van der Waals surface area contributed by atoms with Gasteiger partial charge in [0.1, 0.15) is 0 Å². The molecule has 8 heteroatoms. The maximum atomic E-state index is 12.6. The molecule has 8 nitrogen and oxygen atoms in total. The van der Waals surface area contributed by atoms with E-state index in [0.717, 1.165) is 38.9 Å². The first-order chi connectivity index (χ1) is 13.5. The summed E-state index contributed by atoms with van der Waals surface area (Å²) < 4.78 is 11.1. The largest absolute Gasteiger partial charge is 0.435 e. The Kier molecular flexibility index (Phi) is 5.68. The number of hydrogen-bond acceptors (Lipinski definition) is 6. The van der Waals surface area contributed by atoms with E-state index in [1.165, 1.54) is 0 Å². The highest BCUT2D eigenvalue weighted by Gasteiger charge is 2.39. The second-order valence-electron chi connectivity index (χ2n) is 8.21. The molecule has 2 amide bonds. The molecule has 1 unspecified atom stereocenters. The van der Waals surface area contributed by atoms with Gasteiger partial charge >= 0.3 is 0 Å². The normalized spacial score (nSPS) is 25.1. The summed E-state index contributed by atoms with van der Waals surface area (Å²) in [6, 6.07) is 0.288. The van der Waals surface area contributed by atoms with Gasteiger partial charge in [-0.2, -0.15) is 0 Å². The molecule has 0 aliphatic carbocycles. The molecule has 0 saturated carbocycles. The molecule has 4 rings (SSSR count). The van der Waals surface area contributed by atoms with Gasteiger partial charge in [0.2, 0.25) is 11.7 Å². The molecule has 28 heavy (non-hydrogen) atoms. The average molecular weight is 390 g/mol. The first-order valence-electron chi connectivity index (χ1n) is 10.4. The molecule has 4 heterocycles. The molecular weight excluding hydrogens is 360 g/mol. The van der Waals surface area contributed by atoms with Crippen LogP contribution in [0.25, 0.3) is 0 Å². The zero-order chi connectivity index (χ0) is 19.7. The summed E-state index contributed by atoms with van der Waals surface area (Å²) in [7, 11) is 0. The van der Waals surface area contributed by atoms with Gasteiger partial charge in [-0.15, -0.1) is 0 Å². The number of hydrogen-bond donors (Lipinski definition) is 0. The number of piperidine rings is 1. The SMILES string of the molecule is CC(C)N1CCC(N2CCC(c3ncc(C(=O)N4CCOCC4)o3)CC2)C1=O. The third-order valence-electron chi connectivity index (χ3n) is 6.19. The number of oxazole rings is 1. The molecule has 3 aliphatic heterocycles. The smallest absolute Gasteiger partial charge is 0.291 e. The van der Waals surface area contributed by atoms with Crippen LogP contribution < -0.4 is 0 Å². The number of carbonyl (C=O) groups excluding carboxylic acids is 2. The molecule has 0 bridgehead atoms. The number of nitrogens with zero attached hydrogens (tertiary/aromatic N) is 4. The number of morpholine rings is 1. The molecule has 1 aromatic rings. The molecule has 154 valence electrons. The Hall–Kier alpha value is -1.93. The molecule has 0 radical (unpaired) electrons. The van der Waals surface area contributed by atoms with Gasteiger partial charge in [0.25, 0.3) is 5.91 Å².